The van der Waals surface area contributed by atoms with Crippen LogP contribution in [0.5, 0.6) is 0 Å². The number of benzene rings is 1. The molecule has 0 amide bonds. The lowest BCUT2D eigenvalue weighted by atomic mass is 9.75. The van der Waals surface area contributed by atoms with Crippen molar-refractivity contribution in [3.8, 4) is 0 Å². The summed E-state index contributed by atoms with van der Waals surface area (Å²) in [6.45, 7) is 4.04. The molecular weight excluding hydrogens is 316 g/mol. The fourth-order valence-corrected chi connectivity index (χ4v) is 3.02. The van der Waals surface area contributed by atoms with Crippen molar-refractivity contribution in [2.75, 3.05) is 0 Å². The highest BCUT2D eigenvalue weighted by Gasteiger charge is 2.31. The van der Waals surface area contributed by atoms with E-state index in [1.54, 1.807) is 6.20 Å². The van der Waals surface area contributed by atoms with E-state index < -0.39 is 0 Å². The fourth-order valence-electron chi connectivity index (χ4n) is 2.76. The van der Waals surface area contributed by atoms with Crippen molar-refractivity contribution < 1.29 is 4.42 Å². The van der Waals surface area contributed by atoms with Crippen LogP contribution >= 0.6 is 15.9 Å². The third-order valence-electron chi connectivity index (χ3n) is 3.97. The maximum Gasteiger partial charge on any atom is 0.211 e. The van der Waals surface area contributed by atoms with Gasteiger partial charge in [-0.25, -0.2) is 4.98 Å². The quantitative estimate of drug-likeness (QED) is 0.903. The van der Waals surface area contributed by atoms with E-state index in [-0.39, 0.29) is 6.04 Å². The van der Waals surface area contributed by atoms with Gasteiger partial charge in [-0.2, -0.15) is 0 Å². The Morgan fingerprint density at radius 3 is 2.60 bits per heavy atom. The highest BCUT2D eigenvalue weighted by molar-refractivity contribution is 9.10. The van der Waals surface area contributed by atoms with Gasteiger partial charge < -0.3 is 9.73 Å². The number of hydrogen-bond donors (Lipinski definition) is 1. The molecule has 4 heteroatoms. The molecule has 1 N–H and O–H groups in total. The minimum Gasteiger partial charge on any atom is -0.444 e. The Kier molecular flexibility index (Phi) is 3.94. The van der Waals surface area contributed by atoms with Crippen LogP contribution in [-0.4, -0.2) is 11.0 Å². The fraction of sp³-hybridized carbons (Fsp3) is 0.438. The normalized spacial score (nSPS) is 23.4. The van der Waals surface area contributed by atoms with Gasteiger partial charge in [-0.1, -0.05) is 28.1 Å². The molecule has 3 nitrogen and oxygen atoms in total. The van der Waals surface area contributed by atoms with E-state index in [1.165, 1.54) is 18.4 Å². The molecule has 106 valence electrons. The summed E-state index contributed by atoms with van der Waals surface area (Å²) >= 11 is 3.48. The molecule has 0 aliphatic heterocycles. The number of oxazole rings is 1. The van der Waals surface area contributed by atoms with Crippen molar-refractivity contribution >= 4 is 15.9 Å². The van der Waals surface area contributed by atoms with E-state index in [2.05, 4.69) is 57.4 Å². The summed E-state index contributed by atoms with van der Waals surface area (Å²) in [6.07, 6.45) is 4.15. The molecule has 3 rings (SSSR count). The van der Waals surface area contributed by atoms with Gasteiger partial charge in [0.15, 0.2) is 0 Å². The molecule has 1 aliphatic carbocycles. The molecule has 1 heterocycles. The first-order valence-electron chi connectivity index (χ1n) is 7.05. The third-order valence-corrected chi connectivity index (χ3v) is 4.50. The van der Waals surface area contributed by atoms with Gasteiger partial charge in [0.1, 0.15) is 5.76 Å². The minimum absolute atomic E-state index is 0.180. The van der Waals surface area contributed by atoms with Crippen LogP contribution in [0, 0.1) is 6.92 Å². The molecule has 0 saturated heterocycles. The highest BCUT2D eigenvalue weighted by atomic mass is 79.9. The van der Waals surface area contributed by atoms with Gasteiger partial charge in [0.25, 0.3) is 0 Å². The van der Waals surface area contributed by atoms with E-state index in [0.717, 1.165) is 16.1 Å². The summed E-state index contributed by atoms with van der Waals surface area (Å²) in [6, 6.07) is 9.41. The molecule has 1 aromatic carbocycles. The molecule has 0 bridgehead atoms. The van der Waals surface area contributed by atoms with Gasteiger partial charge in [-0.05, 0) is 50.3 Å². The topological polar surface area (TPSA) is 38.1 Å². The van der Waals surface area contributed by atoms with E-state index >= 15 is 0 Å². The molecule has 20 heavy (non-hydrogen) atoms. The van der Waals surface area contributed by atoms with E-state index in [1.807, 2.05) is 6.92 Å². The zero-order valence-corrected chi connectivity index (χ0v) is 13.4. The number of rotatable bonds is 4. The highest BCUT2D eigenvalue weighted by Crippen LogP contribution is 2.38. The first-order valence-corrected chi connectivity index (χ1v) is 7.85. The van der Waals surface area contributed by atoms with Gasteiger partial charge >= 0.3 is 0 Å². The number of halogens is 1. The SMILES string of the molecule is Cc1cnc(C(C)NC2CC(c3ccc(Br)cc3)C2)o1. The molecule has 1 atom stereocenters. The van der Waals surface area contributed by atoms with Gasteiger partial charge in [0.05, 0.1) is 12.2 Å². The Hall–Kier alpha value is -1.13. The van der Waals surface area contributed by atoms with E-state index in [0.29, 0.717) is 12.0 Å². The molecule has 1 saturated carbocycles. The summed E-state index contributed by atoms with van der Waals surface area (Å²) in [5.41, 5.74) is 1.44. The average molecular weight is 335 g/mol. The van der Waals surface area contributed by atoms with Crippen molar-refractivity contribution in [3.63, 3.8) is 0 Å². The molecule has 1 fully saturated rings. The van der Waals surface area contributed by atoms with Crippen LogP contribution in [0.3, 0.4) is 0 Å². The predicted molar refractivity (Wildman–Crippen MR) is 82.7 cm³/mol. The number of nitrogens with zero attached hydrogens (tertiary/aromatic N) is 1. The monoisotopic (exact) mass is 334 g/mol. The lowest BCUT2D eigenvalue weighted by Crippen LogP contribution is -2.41. The molecule has 2 aromatic rings. The predicted octanol–water partition coefficient (Wildman–Crippen LogP) is 4.34. The van der Waals surface area contributed by atoms with Gasteiger partial charge in [-0.3, -0.25) is 0 Å². The first kappa shape index (κ1) is 13.8. The number of aromatic nitrogens is 1. The molecule has 1 aromatic heterocycles. The van der Waals surface area contributed by atoms with Crippen molar-refractivity contribution in [1.82, 2.24) is 10.3 Å². The van der Waals surface area contributed by atoms with Crippen LogP contribution in [0.15, 0.2) is 39.4 Å². The van der Waals surface area contributed by atoms with E-state index in [9.17, 15) is 0 Å². The minimum atomic E-state index is 0.180. The van der Waals surface area contributed by atoms with Crippen LogP contribution in [0.25, 0.3) is 0 Å². The summed E-state index contributed by atoms with van der Waals surface area (Å²) < 4.78 is 6.70. The van der Waals surface area contributed by atoms with Gasteiger partial charge in [0, 0.05) is 10.5 Å². The number of hydrogen-bond acceptors (Lipinski definition) is 3. The molecule has 0 radical (unpaired) electrons. The Labute approximate surface area is 127 Å². The van der Waals surface area contributed by atoms with Crippen LogP contribution in [0.2, 0.25) is 0 Å². The lowest BCUT2D eigenvalue weighted by molar-refractivity contribution is 0.254. The largest absolute Gasteiger partial charge is 0.444 e. The summed E-state index contributed by atoms with van der Waals surface area (Å²) in [5, 5.41) is 3.59. The Morgan fingerprint density at radius 2 is 2.00 bits per heavy atom. The molecular formula is C16H19BrN2O. The standard InChI is InChI=1S/C16H19BrN2O/c1-10-9-18-16(20-10)11(2)19-15-7-13(8-15)12-3-5-14(17)6-4-12/h3-6,9,11,13,15,19H,7-8H2,1-2H3. The molecule has 1 aliphatic rings. The van der Waals surface area contributed by atoms with Gasteiger partial charge in [0.2, 0.25) is 5.89 Å². The lowest BCUT2D eigenvalue weighted by Gasteiger charge is -2.37. The smallest absolute Gasteiger partial charge is 0.211 e. The van der Waals surface area contributed by atoms with Crippen LogP contribution in [0.1, 0.15) is 48.9 Å². The van der Waals surface area contributed by atoms with Gasteiger partial charge in [-0.15, -0.1) is 0 Å². The van der Waals surface area contributed by atoms with Crippen molar-refractivity contribution in [1.29, 1.82) is 0 Å². The van der Waals surface area contributed by atoms with Crippen molar-refractivity contribution in [2.45, 2.75) is 44.7 Å². The number of nitrogens with one attached hydrogen (secondary N) is 1. The van der Waals surface area contributed by atoms with Crippen LogP contribution < -0.4 is 5.32 Å². The zero-order valence-electron chi connectivity index (χ0n) is 11.8. The summed E-state index contributed by atoms with van der Waals surface area (Å²) in [4.78, 5) is 4.28. The zero-order chi connectivity index (χ0) is 14.1. The Bertz CT molecular complexity index is 572. The molecule has 0 spiro atoms. The second kappa shape index (κ2) is 5.70. The summed E-state index contributed by atoms with van der Waals surface area (Å²) in [5.74, 6) is 2.34. The second-order valence-corrected chi connectivity index (χ2v) is 6.53. The van der Waals surface area contributed by atoms with Crippen LogP contribution in [0.4, 0.5) is 0 Å². The van der Waals surface area contributed by atoms with Crippen molar-refractivity contribution in [2.24, 2.45) is 0 Å². The summed E-state index contributed by atoms with van der Waals surface area (Å²) in [7, 11) is 0. The van der Waals surface area contributed by atoms with E-state index in [4.69, 9.17) is 4.42 Å². The Balaban J connectivity index is 1.52. The maximum atomic E-state index is 5.56. The van der Waals surface area contributed by atoms with Crippen LogP contribution in [-0.2, 0) is 0 Å². The third kappa shape index (κ3) is 2.96. The number of aryl methyl sites for hydroxylation is 1. The second-order valence-electron chi connectivity index (χ2n) is 5.61. The van der Waals surface area contributed by atoms with Crippen molar-refractivity contribution in [3.05, 3.63) is 52.1 Å². The maximum absolute atomic E-state index is 5.56. The first-order chi connectivity index (χ1) is 9.61. The molecule has 1 unspecified atom stereocenters. The Morgan fingerprint density at radius 1 is 1.30 bits per heavy atom. The average Bonchev–Trinajstić information content (AvgIpc) is 2.81.